The average molecular weight is 246 g/mol. The van der Waals surface area contributed by atoms with Gasteiger partial charge in [-0.25, -0.2) is 12.8 Å². The molecule has 2 rings (SSSR count). The first kappa shape index (κ1) is 10.3. The Kier molecular flexibility index (Phi) is 2.36. The summed E-state index contributed by atoms with van der Waals surface area (Å²) in [5, 5.41) is 0.400. The third-order valence-corrected chi connectivity index (χ3v) is 3.22. The maximum atomic E-state index is 12.9. The molecule has 0 saturated heterocycles. The minimum Gasteiger partial charge on any atom is -0.255 e. The molecule has 0 fully saturated rings. The highest BCUT2D eigenvalue weighted by atomic mass is 35.7. The molecular formula is C9H5ClFNO2S. The predicted octanol–water partition coefficient (Wildman–Crippen LogP) is 2.30. The molecule has 0 aliphatic carbocycles. The van der Waals surface area contributed by atoms with Gasteiger partial charge in [-0.05, 0) is 24.3 Å². The first-order valence-electron chi connectivity index (χ1n) is 3.97. The fraction of sp³-hybridized carbons (Fsp3) is 0. The van der Waals surface area contributed by atoms with E-state index in [1.807, 2.05) is 0 Å². The average Bonchev–Trinajstić information content (AvgIpc) is 2.15. The minimum absolute atomic E-state index is 0.137. The summed E-state index contributed by atoms with van der Waals surface area (Å²) < 4.78 is 34.8. The first-order valence-corrected chi connectivity index (χ1v) is 6.28. The topological polar surface area (TPSA) is 47.0 Å². The van der Waals surface area contributed by atoms with Gasteiger partial charge in [0.05, 0.1) is 5.52 Å². The van der Waals surface area contributed by atoms with E-state index in [0.717, 1.165) is 6.20 Å². The summed E-state index contributed by atoms with van der Waals surface area (Å²) in [6, 6.07) is 5.21. The standard InChI is InChI=1S/C9H5ClFNO2S/c10-15(13,14)8-4-6-3-7(11)1-2-9(6)12-5-8/h1-5H. The molecule has 78 valence electrons. The fourth-order valence-electron chi connectivity index (χ4n) is 1.22. The number of rotatable bonds is 1. The molecule has 0 atom stereocenters. The number of hydrogen-bond acceptors (Lipinski definition) is 3. The van der Waals surface area contributed by atoms with Gasteiger partial charge in [0.1, 0.15) is 10.7 Å². The number of benzene rings is 1. The largest absolute Gasteiger partial charge is 0.262 e. The molecule has 1 aromatic carbocycles. The third-order valence-electron chi connectivity index (χ3n) is 1.90. The zero-order chi connectivity index (χ0) is 11.1. The monoisotopic (exact) mass is 245 g/mol. The maximum Gasteiger partial charge on any atom is 0.262 e. The van der Waals surface area contributed by atoms with Crippen molar-refractivity contribution >= 4 is 30.6 Å². The zero-order valence-corrected chi connectivity index (χ0v) is 8.89. The number of nitrogens with zero attached hydrogens (tertiary/aromatic N) is 1. The van der Waals surface area contributed by atoms with Crippen molar-refractivity contribution in [3.05, 3.63) is 36.3 Å². The Morgan fingerprint density at radius 3 is 2.67 bits per heavy atom. The maximum absolute atomic E-state index is 12.9. The fourth-order valence-corrected chi connectivity index (χ4v) is 1.92. The van der Waals surface area contributed by atoms with E-state index in [1.165, 1.54) is 24.3 Å². The molecule has 1 aromatic heterocycles. The highest BCUT2D eigenvalue weighted by Crippen LogP contribution is 2.20. The lowest BCUT2D eigenvalue weighted by atomic mass is 10.2. The normalized spacial score (nSPS) is 11.9. The zero-order valence-electron chi connectivity index (χ0n) is 7.31. The van der Waals surface area contributed by atoms with Crippen LogP contribution in [0.4, 0.5) is 4.39 Å². The SMILES string of the molecule is O=S(=O)(Cl)c1cnc2ccc(F)cc2c1. The van der Waals surface area contributed by atoms with Crippen molar-refractivity contribution < 1.29 is 12.8 Å². The van der Waals surface area contributed by atoms with E-state index in [1.54, 1.807) is 0 Å². The number of fused-ring (bicyclic) bond motifs is 1. The molecule has 15 heavy (non-hydrogen) atoms. The van der Waals surface area contributed by atoms with Crippen LogP contribution in [0.3, 0.4) is 0 Å². The Balaban J connectivity index is 2.75. The quantitative estimate of drug-likeness (QED) is 0.725. The van der Waals surface area contributed by atoms with E-state index in [-0.39, 0.29) is 4.90 Å². The van der Waals surface area contributed by atoms with E-state index in [9.17, 15) is 12.8 Å². The third kappa shape index (κ3) is 2.08. The molecule has 0 bridgehead atoms. The summed E-state index contributed by atoms with van der Waals surface area (Å²) in [4.78, 5) is 3.72. The molecule has 6 heteroatoms. The lowest BCUT2D eigenvalue weighted by Gasteiger charge is -1.99. The first-order chi connectivity index (χ1) is 6.97. The van der Waals surface area contributed by atoms with Crippen molar-refractivity contribution in [2.24, 2.45) is 0 Å². The van der Waals surface area contributed by atoms with Gasteiger partial charge in [0.2, 0.25) is 0 Å². The molecule has 0 unspecified atom stereocenters. The molecule has 3 nitrogen and oxygen atoms in total. The lowest BCUT2D eigenvalue weighted by Crippen LogP contribution is -1.92. The van der Waals surface area contributed by atoms with Crippen molar-refractivity contribution in [1.82, 2.24) is 4.98 Å². The van der Waals surface area contributed by atoms with Crippen LogP contribution in [0.1, 0.15) is 0 Å². The summed E-state index contributed by atoms with van der Waals surface area (Å²) in [7, 11) is 1.32. The number of pyridine rings is 1. The number of aromatic nitrogens is 1. The van der Waals surface area contributed by atoms with Gasteiger partial charge in [-0.2, -0.15) is 0 Å². The van der Waals surface area contributed by atoms with Crippen molar-refractivity contribution in [3.8, 4) is 0 Å². The number of halogens is 2. The Labute approximate surface area is 89.9 Å². The van der Waals surface area contributed by atoms with Crippen molar-refractivity contribution in [3.63, 3.8) is 0 Å². The van der Waals surface area contributed by atoms with Crippen LogP contribution >= 0.6 is 10.7 Å². The second kappa shape index (κ2) is 3.43. The lowest BCUT2D eigenvalue weighted by molar-refractivity contribution is 0.609. The summed E-state index contributed by atoms with van der Waals surface area (Å²) in [6.07, 6.45) is 1.14. The second-order valence-electron chi connectivity index (χ2n) is 2.95. The molecule has 0 amide bonds. The van der Waals surface area contributed by atoms with Crippen LogP contribution in [0, 0.1) is 5.82 Å². The highest BCUT2D eigenvalue weighted by molar-refractivity contribution is 8.13. The minimum atomic E-state index is -3.82. The molecule has 0 spiro atoms. The van der Waals surface area contributed by atoms with Gasteiger partial charge < -0.3 is 0 Å². The summed E-state index contributed by atoms with van der Waals surface area (Å²) in [6.45, 7) is 0. The highest BCUT2D eigenvalue weighted by Gasteiger charge is 2.11. The Morgan fingerprint density at radius 1 is 1.27 bits per heavy atom. The second-order valence-corrected chi connectivity index (χ2v) is 5.51. The van der Waals surface area contributed by atoms with E-state index >= 15 is 0 Å². The molecule has 0 saturated carbocycles. The van der Waals surface area contributed by atoms with Crippen LogP contribution < -0.4 is 0 Å². The Morgan fingerprint density at radius 2 is 2.00 bits per heavy atom. The van der Waals surface area contributed by atoms with Crippen LogP contribution in [0.2, 0.25) is 0 Å². The summed E-state index contributed by atoms with van der Waals surface area (Å²) >= 11 is 0. The molecule has 2 aromatic rings. The van der Waals surface area contributed by atoms with Crippen LogP contribution in [0.15, 0.2) is 35.4 Å². The number of hydrogen-bond donors (Lipinski definition) is 0. The summed E-state index contributed by atoms with van der Waals surface area (Å²) in [5.41, 5.74) is 0.514. The van der Waals surface area contributed by atoms with Gasteiger partial charge in [0.15, 0.2) is 0 Å². The molecule has 0 aliphatic heterocycles. The van der Waals surface area contributed by atoms with Crippen LogP contribution in [-0.4, -0.2) is 13.4 Å². The van der Waals surface area contributed by atoms with Gasteiger partial charge in [-0.3, -0.25) is 4.98 Å². The van der Waals surface area contributed by atoms with Gasteiger partial charge in [-0.1, -0.05) is 0 Å². The molecule has 1 heterocycles. The van der Waals surface area contributed by atoms with Gasteiger partial charge in [0.25, 0.3) is 9.05 Å². The van der Waals surface area contributed by atoms with Crippen LogP contribution in [-0.2, 0) is 9.05 Å². The van der Waals surface area contributed by atoms with Crippen molar-refractivity contribution in [2.45, 2.75) is 4.90 Å². The molecular weight excluding hydrogens is 241 g/mol. The predicted molar refractivity (Wildman–Crippen MR) is 54.7 cm³/mol. The van der Waals surface area contributed by atoms with Crippen molar-refractivity contribution in [2.75, 3.05) is 0 Å². The van der Waals surface area contributed by atoms with E-state index in [0.29, 0.717) is 10.9 Å². The Bertz CT molecular complexity index is 627. The van der Waals surface area contributed by atoms with Gasteiger partial charge in [-0.15, -0.1) is 0 Å². The van der Waals surface area contributed by atoms with Crippen molar-refractivity contribution in [1.29, 1.82) is 0 Å². The summed E-state index contributed by atoms with van der Waals surface area (Å²) in [5.74, 6) is -0.451. The van der Waals surface area contributed by atoms with E-state index in [2.05, 4.69) is 4.98 Å². The van der Waals surface area contributed by atoms with Gasteiger partial charge in [0, 0.05) is 22.3 Å². The Hall–Kier alpha value is -1.20. The van der Waals surface area contributed by atoms with Crippen LogP contribution in [0.25, 0.3) is 10.9 Å². The molecule has 0 aliphatic rings. The molecule has 0 radical (unpaired) electrons. The van der Waals surface area contributed by atoms with Gasteiger partial charge >= 0.3 is 0 Å². The van der Waals surface area contributed by atoms with Crippen LogP contribution in [0.5, 0.6) is 0 Å². The van der Waals surface area contributed by atoms with E-state index < -0.39 is 14.9 Å². The molecule has 0 N–H and O–H groups in total. The van der Waals surface area contributed by atoms with E-state index in [4.69, 9.17) is 10.7 Å². The smallest absolute Gasteiger partial charge is 0.255 e.